The molecule has 2 rings (SSSR count). The zero-order valence-electron chi connectivity index (χ0n) is 7.30. The molecule has 0 aliphatic carbocycles. The second-order valence-corrected chi connectivity index (χ2v) is 3.82. The number of rotatable bonds is 1. The standard InChI is InChI=1S/C9H9BrFNO2/c10-6-4-7(11)8(12)3-5(6)9-13-1-2-14-9/h3-4,9H,1-2,12H2. The van der Waals surface area contributed by atoms with Crippen molar-refractivity contribution < 1.29 is 13.9 Å². The molecule has 0 amide bonds. The molecule has 76 valence electrons. The van der Waals surface area contributed by atoms with Crippen LogP contribution in [0.1, 0.15) is 11.9 Å². The van der Waals surface area contributed by atoms with Crippen molar-refractivity contribution in [2.24, 2.45) is 0 Å². The molecule has 5 heteroatoms. The largest absolute Gasteiger partial charge is 0.396 e. The van der Waals surface area contributed by atoms with Crippen LogP contribution in [0.4, 0.5) is 10.1 Å². The van der Waals surface area contributed by atoms with Gasteiger partial charge in [0.25, 0.3) is 0 Å². The van der Waals surface area contributed by atoms with Crippen LogP contribution in [0.25, 0.3) is 0 Å². The molecule has 1 aromatic rings. The van der Waals surface area contributed by atoms with Gasteiger partial charge >= 0.3 is 0 Å². The molecule has 1 aromatic carbocycles. The second-order valence-electron chi connectivity index (χ2n) is 2.97. The first-order chi connectivity index (χ1) is 6.68. The molecule has 0 spiro atoms. The average Bonchev–Trinajstić information content (AvgIpc) is 2.64. The van der Waals surface area contributed by atoms with Gasteiger partial charge in [-0.3, -0.25) is 0 Å². The third kappa shape index (κ3) is 1.75. The summed E-state index contributed by atoms with van der Waals surface area (Å²) in [4.78, 5) is 0. The van der Waals surface area contributed by atoms with Crippen molar-refractivity contribution in [2.45, 2.75) is 6.29 Å². The van der Waals surface area contributed by atoms with E-state index in [0.717, 1.165) is 5.56 Å². The Balaban J connectivity index is 2.37. The van der Waals surface area contributed by atoms with Gasteiger partial charge in [-0.15, -0.1) is 0 Å². The van der Waals surface area contributed by atoms with Gasteiger partial charge in [0.2, 0.25) is 0 Å². The van der Waals surface area contributed by atoms with Crippen molar-refractivity contribution in [2.75, 3.05) is 18.9 Å². The summed E-state index contributed by atoms with van der Waals surface area (Å²) in [5, 5.41) is 0. The van der Waals surface area contributed by atoms with E-state index in [1.165, 1.54) is 12.1 Å². The predicted molar refractivity (Wildman–Crippen MR) is 53.2 cm³/mol. The van der Waals surface area contributed by atoms with Gasteiger partial charge in [0, 0.05) is 10.0 Å². The lowest BCUT2D eigenvalue weighted by atomic mass is 10.2. The Morgan fingerprint density at radius 1 is 1.36 bits per heavy atom. The van der Waals surface area contributed by atoms with E-state index in [9.17, 15) is 4.39 Å². The minimum Gasteiger partial charge on any atom is -0.396 e. The van der Waals surface area contributed by atoms with Crippen molar-refractivity contribution in [1.29, 1.82) is 0 Å². The fourth-order valence-electron chi connectivity index (χ4n) is 1.30. The Bertz CT molecular complexity index is 353. The van der Waals surface area contributed by atoms with Gasteiger partial charge in [0.05, 0.1) is 18.9 Å². The summed E-state index contributed by atoms with van der Waals surface area (Å²) in [5.41, 5.74) is 6.27. The molecule has 0 atom stereocenters. The normalized spacial score (nSPS) is 17.6. The number of nitrogens with two attached hydrogens (primary N) is 1. The van der Waals surface area contributed by atoms with E-state index < -0.39 is 12.1 Å². The van der Waals surface area contributed by atoms with Crippen molar-refractivity contribution in [3.05, 3.63) is 28.0 Å². The van der Waals surface area contributed by atoms with Crippen LogP contribution in [-0.4, -0.2) is 13.2 Å². The van der Waals surface area contributed by atoms with Gasteiger partial charge in [-0.05, 0) is 12.1 Å². The highest BCUT2D eigenvalue weighted by molar-refractivity contribution is 9.10. The highest BCUT2D eigenvalue weighted by Crippen LogP contribution is 2.32. The van der Waals surface area contributed by atoms with Crippen LogP contribution < -0.4 is 5.73 Å². The van der Waals surface area contributed by atoms with Crippen LogP contribution in [0.15, 0.2) is 16.6 Å². The first-order valence-electron chi connectivity index (χ1n) is 4.16. The minimum absolute atomic E-state index is 0.0994. The molecule has 0 unspecified atom stereocenters. The highest BCUT2D eigenvalue weighted by atomic mass is 79.9. The predicted octanol–water partition coefficient (Wildman–Crippen LogP) is 2.22. The molecule has 2 N–H and O–H groups in total. The van der Waals surface area contributed by atoms with Crippen LogP contribution in [0, 0.1) is 5.82 Å². The summed E-state index contributed by atoms with van der Waals surface area (Å²) in [6, 6.07) is 2.84. The lowest BCUT2D eigenvalue weighted by Gasteiger charge is -2.12. The van der Waals surface area contributed by atoms with E-state index in [-0.39, 0.29) is 5.69 Å². The van der Waals surface area contributed by atoms with Gasteiger partial charge in [-0.25, -0.2) is 4.39 Å². The van der Waals surface area contributed by atoms with E-state index in [2.05, 4.69) is 15.9 Å². The van der Waals surface area contributed by atoms with Gasteiger partial charge in [-0.2, -0.15) is 0 Å². The number of halogens is 2. The monoisotopic (exact) mass is 261 g/mol. The van der Waals surface area contributed by atoms with Crippen molar-refractivity contribution in [3.8, 4) is 0 Å². The SMILES string of the molecule is Nc1cc(C2OCCO2)c(Br)cc1F. The molecule has 1 aliphatic rings. The van der Waals surface area contributed by atoms with Gasteiger partial charge in [0.15, 0.2) is 6.29 Å². The summed E-state index contributed by atoms with van der Waals surface area (Å²) in [5.74, 6) is -0.446. The van der Waals surface area contributed by atoms with Crippen LogP contribution >= 0.6 is 15.9 Å². The summed E-state index contributed by atoms with van der Waals surface area (Å²) in [6.45, 7) is 1.10. The maximum atomic E-state index is 13.0. The number of hydrogen-bond donors (Lipinski definition) is 1. The Kier molecular flexibility index (Phi) is 2.71. The zero-order chi connectivity index (χ0) is 10.1. The van der Waals surface area contributed by atoms with E-state index in [1.54, 1.807) is 0 Å². The number of hydrogen-bond acceptors (Lipinski definition) is 3. The molecule has 14 heavy (non-hydrogen) atoms. The molecule has 1 heterocycles. The molecular formula is C9H9BrFNO2. The summed E-state index contributed by atoms with van der Waals surface area (Å²) >= 11 is 3.24. The molecule has 0 radical (unpaired) electrons. The highest BCUT2D eigenvalue weighted by Gasteiger charge is 2.21. The summed E-state index contributed by atoms with van der Waals surface area (Å²) < 4.78 is 24.2. The molecule has 0 aromatic heterocycles. The summed E-state index contributed by atoms with van der Waals surface area (Å²) in [7, 11) is 0. The first-order valence-corrected chi connectivity index (χ1v) is 4.95. The fourth-order valence-corrected chi connectivity index (χ4v) is 1.80. The van der Waals surface area contributed by atoms with Crippen molar-refractivity contribution in [3.63, 3.8) is 0 Å². The lowest BCUT2D eigenvalue weighted by Crippen LogP contribution is -2.02. The molecule has 0 saturated carbocycles. The number of anilines is 1. The molecule has 0 bridgehead atoms. The quantitative estimate of drug-likeness (QED) is 0.789. The third-order valence-corrected chi connectivity index (χ3v) is 2.68. The zero-order valence-corrected chi connectivity index (χ0v) is 8.88. The average molecular weight is 262 g/mol. The van der Waals surface area contributed by atoms with Crippen LogP contribution in [0.2, 0.25) is 0 Å². The van der Waals surface area contributed by atoms with Crippen LogP contribution in [0.5, 0.6) is 0 Å². The Labute approximate surface area is 89.1 Å². The number of ether oxygens (including phenoxy) is 2. The molecule has 1 fully saturated rings. The smallest absolute Gasteiger partial charge is 0.185 e. The van der Waals surface area contributed by atoms with Gasteiger partial charge in [-0.1, -0.05) is 15.9 Å². The number of benzene rings is 1. The van der Waals surface area contributed by atoms with Gasteiger partial charge in [0.1, 0.15) is 5.82 Å². The molecule has 3 nitrogen and oxygen atoms in total. The molecular weight excluding hydrogens is 253 g/mol. The Morgan fingerprint density at radius 2 is 2.00 bits per heavy atom. The van der Waals surface area contributed by atoms with E-state index in [4.69, 9.17) is 15.2 Å². The van der Waals surface area contributed by atoms with Crippen LogP contribution in [0.3, 0.4) is 0 Å². The van der Waals surface area contributed by atoms with E-state index in [0.29, 0.717) is 17.7 Å². The maximum Gasteiger partial charge on any atom is 0.185 e. The second kappa shape index (κ2) is 3.84. The van der Waals surface area contributed by atoms with Crippen LogP contribution in [-0.2, 0) is 9.47 Å². The minimum atomic E-state index is -0.446. The Hall–Kier alpha value is -0.650. The topological polar surface area (TPSA) is 44.5 Å². The maximum absolute atomic E-state index is 13.0. The lowest BCUT2D eigenvalue weighted by molar-refractivity contribution is -0.0446. The molecule has 1 saturated heterocycles. The third-order valence-electron chi connectivity index (χ3n) is 1.99. The fraction of sp³-hybridized carbons (Fsp3) is 0.333. The first kappa shape index (κ1) is 9.89. The molecule has 1 aliphatic heterocycles. The van der Waals surface area contributed by atoms with E-state index >= 15 is 0 Å². The Morgan fingerprint density at radius 3 is 2.64 bits per heavy atom. The van der Waals surface area contributed by atoms with Crippen molar-refractivity contribution in [1.82, 2.24) is 0 Å². The van der Waals surface area contributed by atoms with Gasteiger partial charge < -0.3 is 15.2 Å². The number of nitrogen functional groups attached to an aromatic ring is 1. The summed E-state index contributed by atoms with van der Waals surface area (Å²) in [6.07, 6.45) is -0.438. The van der Waals surface area contributed by atoms with E-state index in [1.807, 2.05) is 0 Å². The van der Waals surface area contributed by atoms with Crippen molar-refractivity contribution >= 4 is 21.6 Å².